The number of nitrogens with zero attached hydrogens (tertiary/aromatic N) is 1. The molecule has 1 saturated heterocycles. The Morgan fingerprint density at radius 1 is 0.974 bits per heavy atom. The van der Waals surface area contributed by atoms with Gasteiger partial charge in [-0.2, -0.15) is 0 Å². The van der Waals surface area contributed by atoms with Gasteiger partial charge in [0.05, 0.1) is 17.2 Å². The van der Waals surface area contributed by atoms with Gasteiger partial charge in [0.15, 0.2) is 22.4 Å². The van der Waals surface area contributed by atoms with E-state index in [-0.39, 0.29) is 18.4 Å². The standard InChI is InChI=1S/C31H26N2O4S2/c1-3-36-27-17-21(15-16-26(27)37-19-29(34)32-24-13-7-4-9-20(24)2)18-28-30(35)33(31(38)39-28)25-14-8-11-22-10-5-6-12-23(22)25/h4-18H,3,19H2,1-2H3,(H,32,34)/b28-18+. The third-order valence-electron chi connectivity index (χ3n) is 6.14. The molecular weight excluding hydrogens is 528 g/mol. The van der Waals surface area contributed by atoms with Crippen molar-refractivity contribution in [2.75, 3.05) is 23.4 Å². The number of fused-ring (bicyclic) bond motifs is 1. The number of carbonyl (C=O) groups excluding carboxylic acids is 2. The van der Waals surface area contributed by atoms with E-state index in [0.717, 1.165) is 33.3 Å². The van der Waals surface area contributed by atoms with Crippen molar-refractivity contribution in [3.05, 3.63) is 101 Å². The first-order chi connectivity index (χ1) is 18.9. The third kappa shape index (κ3) is 5.82. The Labute approximate surface area is 236 Å². The van der Waals surface area contributed by atoms with Crippen LogP contribution in [0.4, 0.5) is 11.4 Å². The van der Waals surface area contributed by atoms with Crippen LogP contribution < -0.4 is 19.7 Å². The number of para-hydroxylation sites is 1. The van der Waals surface area contributed by atoms with E-state index < -0.39 is 0 Å². The lowest BCUT2D eigenvalue weighted by Gasteiger charge is -2.17. The van der Waals surface area contributed by atoms with Crippen molar-refractivity contribution in [2.24, 2.45) is 0 Å². The minimum atomic E-state index is -0.270. The predicted octanol–water partition coefficient (Wildman–Crippen LogP) is 6.97. The second-order valence-corrected chi connectivity index (χ2v) is 10.5. The van der Waals surface area contributed by atoms with Crippen molar-refractivity contribution in [1.29, 1.82) is 0 Å². The Morgan fingerprint density at radius 2 is 1.74 bits per heavy atom. The van der Waals surface area contributed by atoms with E-state index in [1.807, 2.05) is 86.6 Å². The van der Waals surface area contributed by atoms with Crippen LogP contribution >= 0.6 is 24.0 Å². The minimum Gasteiger partial charge on any atom is -0.490 e. The molecule has 5 rings (SSSR count). The van der Waals surface area contributed by atoms with Crippen LogP contribution in [-0.2, 0) is 9.59 Å². The Kier molecular flexibility index (Phi) is 7.95. The number of nitrogens with one attached hydrogen (secondary N) is 1. The summed E-state index contributed by atoms with van der Waals surface area (Å²) in [6, 6.07) is 26.7. The SMILES string of the molecule is CCOc1cc(/C=C2/SC(=S)N(c3cccc4ccccc34)C2=O)ccc1OCC(=O)Nc1ccccc1C. The topological polar surface area (TPSA) is 67.9 Å². The van der Waals surface area contributed by atoms with Crippen LogP contribution in [0, 0.1) is 6.92 Å². The molecular formula is C31H26N2O4S2. The maximum absolute atomic E-state index is 13.4. The number of aryl methyl sites for hydroxylation is 1. The van der Waals surface area contributed by atoms with E-state index in [0.29, 0.717) is 27.3 Å². The molecule has 39 heavy (non-hydrogen) atoms. The van der Waals surface area contributed by atoms with Crippen molar-refractivity contribution in [3.63, 3.8) is 0 Å². The van der Waals surface area contributed by atoms with Gasteiger partial charge in [0, 0.05) is 11.1 Å². The van der Waals surface area contributed by atoms with E-state index in [4.69, 9.17) is 21.7 Å². The minimum absolute atomic E-state index is 0.169. The Morgan fingerprint density at radius 3 is 2.56 bits per heavy atom. The van der Waals surface area contributed by atoms with Gasteiger partial charge in [-0.3, -0.25) is 14.5 Å². The number of thioether (sulfide) groups is 1. The van der Waals surface area contributed by atoms with Gasteiger partial charge < -0.3 is 14.8 Å². The van der Waals surface area contributed by atoms with Crippen LogP contribution in [-0.4, -0.2) is 29.3 Å². The molecule has 1 fully saturated rings. The Balaban J connectivity index is 1.34. The summed E-state index contributed by atoms with van der Waals surface area (Å²) in [5, 5.41) is 4.86. The number of benzene rings is 4. The number of rotatable bonds is 8. The number of hydrogen-bond acceptors (Lipinski definition) is 6. The van der Waals surface area contributed by atoms with E-state index in [9.17, 15) is 9.59 Å². The molecule has 2 amide bonds. The van der Waals surface area contributed by atoms with Crippen molar-refractivity contribution < 1.29 is 19.1 Å². The van der Waals surface area contributed by atoms with Crippen LogP contribution in [0.3, 0.4) is 0 Å². The Hall–Kier alpha value is -4.14. The molecule has 0 spiro atoms. The van der Waals surface area contributed by atoms with Gasteiger partial charge in [0.1, 0.15) is 0 Å². The largest absolute Gasteiger partial charge is 0.490 e. The lowest BCUT2D eigenvalue weighted by atomic mass is 10.1. The average molecular weight is 555 g/mol. The third-order valence-corrected chi connectivity index (χ3v) is 7.45. The highest BCUT2D eigenvalue weighted by Crippen LogP contribution is 2.39. The summed E-state index contributed by atoms with van der Waals surface area (Å²) in [4.78, 5) is 28.0. The predicted molar refractivity (Wildman–Crippen MR) is 163 cm³/mol. The van der Waals surface area contributed by atoms with Crippen LogP contribution in [0.5, 0.6) is 11.5 Å². The first-order valence-electron chi connectivity index (χ1n) is 12.5. The highest BCUT2D eigenvalue weighted by Gasteiger charge is 2.34. The number of anilines is 2. The van der Waals surface area contributed by atoms with Crippen LogP contribution in [0.1, 0.15) is 18.1 Å². The van der Waals surface area contributed by atoms with Crippen LogP contribution in [0.25, 0.3) is 16.8 Å². The van der Waals surface area contributed by atoms with Crippen molar-refractivity contribution in [3.8, 4) is 11.5 Å². The molecule has 1 aliphatic rings. The quantitative estimate of drug-likeness (QED) is 0.187. The Bertz CT molecular complexity index is 1610. The smallest absolute Gasteiger partial charge is 0.270 e. The fourth-order valence-corrected chi connectivity index (χ4v) is 5.56. The molecule has 0 atom stereocenters. The fraction of sp³-hybridized carbons (Fsp3) is 0.129. The highest BCUT2D eigenvalue weighted by atomic mass is 32.2. The molecule has 1 aliphatic heterocycles. The van der Waals surface area contributed by atoms with Gasteiger partial charge in [0.25, 0.3) is 11.8 Å². The molecule has 4 aromatic rings. The molecule has 1 N–H and O–H groups in total. The molecule has 0 aromatic heterocycles. The molecule has 6 nitrogen and oxygen atoms in total. The number of amides is 2. The second-order valence-electron chi connectivity index (χ2n) is 8.81. The van der Waals surface area contributed by atoms with Crippen molar-refractivity contribution in [1.82, 2.24) is 0 Å². The normalized spacial score (nSPS) is 14.2. The summed E-state index contributed by atoms with van der Waals surface area (Å²) in [5.74, 6) is 0.483. The van der Waals surface area contributed by atoms with E-state index in [1.54, 1.807) is 23.1 Å². The molecule has 8 heteroatoms. The molecule has 0 saturated carbocycles. The second kappa shape index (κ2) is 11.7. The zero-order valence-corrected chi connectivity index (χ0v) is 23.1. The summed E-state index contributed by atoms with van der Waals surface area (Å²) in [5.41, 5.74) is 3.23. The summed E-state index contributed by atoms with van der Waals surface area (Å²) >= 11 is 6.87. The summed E-state index contributed by atoms with van der Waals surface area (Å²) < 4.78 is 12.0. The highest BCUT2D eigenvalue weighted by molar-refractivity contribution is 8.27. The molecule has 0 radical (unpaired) electrons. The molecule has 196 valence electrons. The summed E-state index contributed by atoms with van der Waals surface area (Å²) in [6.07, 6.45) is 1.79. The zero-order valence-electron chi connectivity index (χ0n) is 21.5. The number of hydrogen-bond donors (Lipinski definition) is 1. The summed E-state index contributed by atoms with van der Waals surface area (Å²) in [6.45, 7) is 4.05. The lowest BCUT2D eigenvalue weighted by Crippen LogP contribution is -2.27. The molecule has 0 aliphatic carbocycles. The number of carbonyl (C=O) groups is 2. The maximum Gasteiger partial charge on any atom is 0.270 e. The van der Waals surface area contributed by atoms with Gasteiger partial charge in [-0.25, -0.2) is 0 Å². The van der Waals surface area contributed by atoms with Crippen molar-refractivity contribution in [2.45, 2.75) is 13.8 Å². The average Bonchev–Trinajstić information content (AvgIpc) is 3.21. The van der Waals surface area contributed by atoms with Gasteiger partial charge >= 0.3 is 0 Å². The zero-order chi connectivity index (χ0) is 27.4. The molecule has 4 aromatic carbocycles. The van der Waals surface area contributed by atoms with Gasteiger partial charge in [-0.15, -0.1) is 0 Å². The summed E-state index contributed by atoms with van der Waals surface area (Å²) in [7, 11) is 0. The van der Waals surface area contributed by atoms with Crippen LogP contribution in [0.15, 0.2) is 89.8 Å². The number of thiocarbonyl (C=S) groups is 1. The van der Waals surface area contributed by atoms with E-state index in [1.165, 1.54) is 11.8 Å². The van der Waals surface area contributed by atoms with Gasteiger partial charge in [0.2, 0.25) is 0 Å². The monoisotopic (exact) mass is 554 g/mol. The first kappa shape index (κ1) is 26.5. The van der Waals surface area contributed by atoms with E-state index in [2.05, 4.69) is 5.32 Å². The molecule has 0 unspecified atom stereocenters. The van der Waals surface area contributed by atoms with Crippen molar-refractivity contribution >= 4 is 68.3 Å². The first-order valence-corrected chi connectivity index (χ1v) is 13.7. The fourth-order valence-electron chi connectivity index (χ4n) is 4.27. The van der Waals surface area contributed by atoms with Gasteiger partial charge in [-0.05, 0) is 60.7 Å². The van der Waals surface area contributed by atoms with Gasteiger partial charge in [-0.1, -0.05) is 84.6 Å². The maximum atomic E-state index is 13.4. The van der Waals surface area contributed by atoms with E-state index >= 15 is 0 Å². The number of ether oxygens (including phenoxy) is 2. The molecule has 1 heterocycles. The van der Waals surface area contributed by atoms with Crippen LogP contribution in [0.2, 0.25) is 0 Å². The lowest BCUT2D eigenvalue weighted by molar-refractivity contribution is -0.118. The molecule has 0 bridgehead atoms.